The number of hydrogen-bond acceptors (Lipinski definition) is 2. The molecule has 1 amide bonds. The number of anilines is 1. The maximum Gasteiger partial charge on any atom is 0.228 e. The van der Waals surface area contributed by atoms with Crippen molar-refractivity contribution in [2.75, 3.05) is 12.4 Å². The first-order valence-electron chi connectivity index (χ1n) is 6.17. The van der Waals surface area contributed by atoms with Crippen molar-refractivity contribution in [2.45, 2.75) is 30.6 Å². The Hall–Kier alpha value is -0.780. The van der Waals surface area contributed by atoms with Crippen molar-refractivity contribution in [1.82, 2.24) is 0 Å². The second-order valence-corrected chi connectivity index (χ2v) is 5.91. The summed E-state index contributed by atoms with van der Waals surface area (Å²) in [5.41, 5.74) is 0.813. The van der Waals surface area contributed by atoms with Gasteiger partial charge >= 0.3 is 0 Å². The molecule has 1 aromatic rings. The zero-order chi connectivity index (χ0) is 13.5. The Labute approximate surface area is 122 Å². The number of methoxy groups -OCH3 is 1. The van der Waals surface area contributed by atoms with Gasteiger partial charge in [-0.1, -0.05) is 42.9 Å². The fourth-order valence-corrected chi connectivity index (χ4v) is 2.57. The smallest absolute Gasteiger partial charge is 0.228 e. The van der Waals surface area contributed by atoms with Gasteiger partial charge in [0.05, 0.1) is 7.11 Å². The first kappa shape index (κ1) is 15.3. The summed E-state index contributed by atoms with van der Waals surface area (Å²) >= 11 is 2.36. The highest BCUT2D eigenvalue weighted by Gasteiger charge is 2.20. The van der Waals surface area contributed by atoms with Crippen molar-refractivity contribution in [2.24, 2.45) is 5.92 Å². The normalized spacial score (nSPS) is 13.8. The van der Waals surface area contributed by atoms with Crippen molar-refractivity contribution in [1.29, 1.82) is 0 Å². The van der Waals surface area contributed by atoms with Crippen molar-refractivity contribution in [3.8, 4) is 5.75 Å². The largest absolute Gasteiger partial charge is 0.497 e. The fourth-order valence-electron chi connectivity index (χ4n) is 1.62. The Morgan fingerprint density at radius 1 is 1.39 bits per heavy atom. The van der Waals surface area contributed by atoms with Crippen LogP contribution in [0.3, 0.4) is 0 Å². The fraction of sp³-hybridized carbons (Fsp3) is 0.500. The molecule has 0 fully saturated rings. The van der Waals surface area contributed by atoms with Crippen molar-refractivity contribution >= 4 is 34.2 Å². The van der Waals surface area contributed by atoms with E-state index in [0.29, 0.717) is 3.92 Å². The molecule has 3 nitrogen and oxygen atoms in total. The topological polar surface area (TPSA) is 38.3 Å². The molecular weight excluding hydrogens is 341 g/mol. The number of carbonyl (C=O) groups is 1. The van der Waals surface area contributed by atoms with Crippen LogP contribution in [0.2, 0.25) is 0 Å². The minimum atomic E-state index is 0.0210. The van der Waals surface area contributed by atoms with Crippen molar-refractivity contribution < 1.29 is 9.53 Å². The third-order valence-electron chi connectivity index (χ3n) is 2.88. The lowest BCUT2D eigenvalue weighted by atomic mass is 10.0. The van der Waals surface area contributed by atoms with E-state index in [1.165, 1.54) is 0 Å². The van der Waals surface area contributed by atoms with Gasteiger partial charge in [-0.25, -0.2) is 0 Å². The van der Waals surface area contributed by atoms with E-state index in [1.54, 1.807) is 7.11 Å². The number of nitrogens with one attached hydrogen (secondary N) is 1. The molecule has 2 atom stereocenters. The number of benzene rings is 1. The minimum absolute atomic E-state index is 0.0210. The molecule has 0 aromatic heterocycles. The summed E-state index contributed by atoms with van der Waals surface area (Å²) in [5, 5.41) is 2.93. The molecule has 1 N–H and O–H groups in total. The van der Waals surface area contributed by atoms with Gasteiger partial charge in [0.25, 0.3) is 0 Å². The van der Waals surface area contributed by atoms with E-state index < -0.39 is 0 Å². The Morgan fingerprint density at radius 2 is 2.00 bits per heavy atom. The van der Waals surface area contributed by atoms with Crippen LogP contribution in [-0.2, 0) is 4.79 Å². The SMILES string of the molecule is CCC[C@H](I)[C@H](C)C(=O)Nc1ccc(OC)cc1. The van der Waals surface area contributed by atoms with Crippen LogP contribution in [0.5, 0.6) is 5.75 Å². The second kappa shape index (κ2) is 7.61. The molecule has 0 unspecified atom stereocenters. The molecule has 0 saturated heterocycles. The first-order valence-corrected chi connectivity index (χ1v) is 7.42. The maximum atomic E-state index is 12.0. The van der Waals surface area contributed by atoms with E-state index in [4.69, 9.17) is 4.74 Å². The molecule has 0 saturated carbocycles. The van der Waals surface area contributed by atoms with Crippen LogP contribution in [0.4, 0.5) is 5.69 Å². The van der Waals surface area contributed by atoms with Gasteiger partial charge in [0.1, 0.15) is 5.75 Å². The Morgan fingerprint density at radius 3 is 2.50 bits per heavy atom. The van der Waals surface area contributed by atoms with Crippen LogP contribution < -0.4 is 10.1 Å². The van der Waals surface area contributed by atoms with Crippen LogP contribution in [0.1, 0.15) is 26.7 Å². The number of alkyl halides is 1. The summed E-state index contributed by atoms with van der Waals surface area (Å²) in [6, 6.07) is 7.39. The van der Waals surface area contributed by atoms with Crippen LogP contribution in [0.25, 0.3) is 0 Å². The van der Waals surface area contributed by atoms with Gasteiger partial charge in [-0.2, -0.15) is 0 Å². The molecule has 0 radical (unpaired) electrons. The molecule has 4 heteroatoms. The predicted octanol–water partition coefficient (Wildman–Crippen LogP) is 3.87. The van der Waals surface area contributed by atoms with Crippen LogP contribution in [0.15, 0.2) is 24.3 Å². The summed E-state index contributed by atoms with van der Waals surface area (Å²) in [4.78, 5) is 12.0. The van der Waals surface area contributed by atoms with E-state index in [-0.39, 0.29) is 11.8 Å². The standard InChI is InChI=1S/C14H20INO2/c1-4-5-13(15)10(2)14(17)16-11-6-8-12(18-3)9-7-11/h6-10,13H,4-5H2,1-3H3,(H,16,17)/t10-,13-/m0/s1. The van der Waals surface area contributed by atoms with Gasteiger partial charge < -0.3 is 10.1 Å². The van der Waals surface area contributed by atoms with E-state index >= 15 is 0 Å². The Kier molecular flexibility index (Phi) is 6.46. The second-order valence-electron chi connectivity index (χ2n) is 4.31. The Bertz CT molecular complexity index is 378. The molecule has 0 aliphatic carbocycles. The van der Waals surface area contributed by atoms with Gasteiger partial charge in [0.2, 0.25) is 5.91 Å². The molecule has 0 heterocycles. The highest BCUT2D eigenvalue weighted by Crippen LogP contribution is 2.21. The summed E-state index contributed by atoms with van der Waals surface area (Å²) < 4.78 is 5.46. The zero-order valence-corrected chi connectivity index (χ0v) is 13.2. The predicted molar refractivity (Wildman–Crippen MR) is 83.5 cm³/mol. The van der Waals surface area contributed by atoms with Gasteiger partial charge in [-0.3, -0.25) is 4.79 Å². The van der Waals surface area contributed by atoms with E-state index in [2.05, 4.69) is 34.8 Å². The summed E-state index contributed by atoms with van der Waals surface area (Å²) in [6.45, 7) is 4.12. The third kappa shape index (κ3) is 4.48. The average molecular weight is 361 g/mol. The quantitative estimate of drug-likeness (QED) is 0.617. The molecular formula is C14H20INO2. The van der Waals surface area contributed by atoms with Crippen molar-refractivity contribution in [3.63, 3.8) is 0 Å². The summed E-state index contributed by atoms with van der Waals surface area (Å²) in [6.07, 6.45) is 2.17. The lowest BCUT2D eigenvalue weighted by Gasteiger charge is -2.17. The number of ether oxygens (including phenoxy) is 1. The molecule has 1 rings (SSSR count). The molecule has 0 aliphatic rings. The van der Waals surface area contributed by atoms with Crippen LogP contribution in [-0.4, -0.2) is 16.9 Å². The number of rotatable bonds is 6. The maximum absolute atomic E-state index is 12.0. The molecule has 0 bridgehead atoms. The lowest BCUT2D eigenvalue weighted by Crippen LogP contribution is -2.27. The molecule has 100 valence electrons. The molecule has 0 spiro atoms. The van der Waals surface area contributed by atoms with Gasteiger partial charge in [0.15, 0.2) is 0 Å². The lowest BCUT2D eigenvalue weighted by molar-refractivity contribution is -0.119. The monoisotopic (exact) mass is 361 g/mol. The highest BCUT2D eigenvalue weighted by molar-refractivity contribution is 14.1. The van der Waals surface area contributed by atoms with Gasteiger partial charge in [-0.05, 0) is 30.7 Å². The number of halogens is 1. The summed E-state index contributed by atoms with van der Waals surface area (Å²) in [7, 11) is 1.63. The Balaban J connectivity index is 2.57. The van der Waals surface area contributed by atoms with E-state index in [0.717, 1.165) is 24.3 Å². The highest BCUT2D eigenvalue weighted by atomic mass is 127. The molecule has 18 heavy (non-hydrogen) atoms. The number of hydrogen-bond donors (Lipinski definition) is 1. The van der Waals surface area contributed by atoms with E-state index in [1.807, 2.05) is 31.2 Å². The van der Waals surface area contributed by atoms with Crippen molar-refractivity contribution in [3.05, 3.63) is 24.3 Å². The molecule has 0 aliphatic heterocycles. The van der Waals surface area contributed by atoms with Gasteiger partial charge in [0, 0.05) is 15.5 Å². The van der Waals surface area contributed by atoms with E-state index in [9.17, 15) is 4.79 Å². The zero-order valence-electron chi connectivity index (χ0n) is 11.1. The third-order valence-corrected chi connectivity index (χ3v) is 4.58. The number of amides is 1. The van der Waals surface area contributed by atoms with Crippen LogP contribution >= 0.6 is 22.6 Å². The minimum Gasteiger partial charge on any atom is -0.497 e. The van der Waals surface area contributed by atoms with Crippen LogP contribution in [0, 0.1) is 5.92 Å². The first-order chi connectivity index (χ1) is 8.58. The number of carbonyl (C=O) groups excluding carboxylic acids is 1. The van der Waals surface area contributed by atoms with Gasteiger partial charge in [-0.15, -0.1) is 0 Å². The summed E-state index contributed by atoms with van der Waals surface area (Å²) in [5.74, 6) is 0.888. The average Bonchev–Trinajstić information content (AvgIpc) is 2.39. The molecule has 1 aromatic carbocycles.